The SMILES string of the molecule is COc1ccc([C@@H]2[C@H](C(=O)Nc3ccc(F)cc3F)CCC(=O)N2c2cc(OC)c(OC)c(OC)c2)cc1. The van der Waals surface area contributed by atoms with E-state index in [9.17, 15) is 18.4 Å². The van der Waals surface area contributed by atoms with Crippen molar-refractivity contribution in [3.8, 4) is 23.0 Å². The number of amides is 2. The van der Waals surface area contributed by atoms with E-state index in [0.29, 0.717) is 40.3 Å². The summed E-state index contributed by atoms with van der Waals surface area (Å²) in [6.45, 7) is 0. The maximum Gasteiger partial charge on any atom is 0.230 e. The van der Waals surface area contributed by atoms with Crippen molar-refractivity contribution in [2.24, 2.45) is 5.92 Å². The zero-order valence-electron chi connectivity index (χ0n) is 21.4. The Balaban J connectivity index is 1.82. The van der Waals surface area contributed by atoms with E-state index in [1.807, 2.05) is 0 Å². The first-order valence-electron chi connectivity index (χ1n) is 11.8. The van der Waals surface area contributed by atoms with Crippen LogP contribution in [0.5, 0.6) is 23.0 Å². The van der Waals surface area contributed by atoms with Gasteiger partial charge in [0.2, 0.25) is 17.6 Å². The van der Waals surface area contributed by atoms with E-state index in [1.165, 1.54) is 33.3 Å². The number of carbonyl (C=O) groups excluding carboxylic acids is 2. The number of rotatable bonds is 8. The summed E-state index contributed by atoms with van der Waals surface area (Å²) in [5.74, 6) is -1.54. The Kier molecular flexibility index (Phi) is 7.99. The highest BCUT2D eigenvalue weighted by Gasteiger charge is 2.42. The molecule has 0 aromatic heterocycles. The third kappa shape index (κ3) is 5.20. The molecular weight excluding hydrogens is 498 g/mol. The van der Waals surface area contributed by atoms with Crippen LogP contribution in [-0.4, -0.2) is 40.3 Å². The maximum atomic E-state index is 14.4. The molecule has 3 aromatic carbocycles. The van der Waals surface area contributed by atoms with Crippen LogP contribution >= 0.6 is 0 Å². The van der Waals surface area contributed by atoms with Gasteiger partial charge < -0.3 is 29.2 Å². The van der Waals surface area contributed by atoms with E-state index in [-0.39, 0.29) is 24.4 Å². The number of nitrogens with one attached hydrogen (secondary N) is 1. The number of ether oxygens (including phenoxy) is 4. The fourth-order valence-corrected chi connectivity index (χ4v) is 4.68. The molecule has 38 heavy (non-hydrogen) atoms. The molecule has 3 aromatic rings. The van der Waals surface area contributed by atoms with Gasteiger partial charge in [0.25, 0.3) is 0 Å². The number of piperidine rings is 1. The molecule has 0 saturated carbocycles. The van der Waals surface area contributed by atoms with Gasteiger partial charge in [-0.25, -0.2) is 8.78 Å². The molecule has 1 N–H and O–H groups in total. The third-order valence-electron chi connectivity index (χ3n) is 6.51. The minimum Gasteiger partial charge on any atom is -0.497 e. The van der Waals surface area contributed by atoms with Crippen LogP contribution in [0, 0.1) is 17.6 Å². The summed E-state index contributed by atoms with van der Waals surface area (Å²) < 4.78 is 49.4. The van der Waals surface area contributed by atoms with Gasteiger partial charge >= 0.3 is 0 Å². The van der Waals surface area contributed by atoms with Crippen molar-refractivity contribution in [2.45, 2.75) is 18.9 Å². The fraction of sp³-hybridized carbons (Fsp3) is 0.286. The molecule has 4 rings (SSSR count). The average molecular weight is 527 g/mol. The van der Waals surface area contributed by atoms with Crippen molar-refractivity contribution in [2.75, 3.05) is 38.7 Å². The number of methoxy groups -OCH3 is 4. The van der Waals surface area contributed by atoms with E-state index in [1.54, 1.807) is 36.4 Å². The molecule has 1 aliphatic heterocycles. The Bertz CT molecular complexity index is 1310. The van der Waals surface area contributed by atoms with E-state index in [4.69, 9.17) is 18.9 Å². The molecule has 200 valence electrons. The van der Waals surface area contributed by atoms with Crippen molar-refractivity contribution in [3.63, 3.8) is 0 Å². The Hall–Kier alpha value is -4.34. The van der Waals surface area contributed by atoms with Gasteiger partial charge in [0.15, 0.2) is 11.5 Å². The summed E-state index contributed by atoms with van der Waals surface area (Å²) in [6, 6.07) is 12.4. The molecule has 1 aliphatic rings. The number of benzene rings is 3. The summed E-state index contributed by atoms with van der Waals surface area (Å²) in [6.07, 6.45) is 0.276. The molecule has 1 saturated heterocycles. The van der Waals surface area contributed by atoms with Crippen molar-refractivity contribution >= 4 is 23.2 Å². The van der Waals surface area contributed by atoms with Gasteiger partial charge in [-0.05, 0) is 36.2 Å². The van der Waals surface area contributed by atoms with Crippen molar-refractivity contribution in [1.29, 1.82) is 0 Å². The van der Waals surface area contributed by atoms with Crippen LogP contribution in [0.3, 0.4) is 0 Å². The van der Waals surface area contributed by atoms with Gasteiger partial charge in [0.1, 0.15) is 17.4 Å². The van der Waals surface area contributed by atoms with Crippen LogP contribution in [-0.2, 0) is 9.59 Å². The molecule has 0 radical (unpaired) electrons. The van der Waals surface area contributed by atoms with E-state index in [0.717, 1.165) is 12.1 Å². The molecule has 1 fully saturated rings. The Morgan fingerprint density at radius 2 is 1.55 bits per heavy atom. The second kappa shape index (κ2) is 11.4. The van der Waals surface area contributed by atoms with E-state index < -0.39 is 29.5 Å². The van der Waals surface area contributed by atoms with Gasteiger partial charge in [0, 0.05) is 24.6 Å². The summed E-state index contributed by atoms with van der Waals surface area (Å²) in [5.41, 5.74) is 0.934. The lowest BCUT2D eigenvalue weighted by Gasteiger charge is -2.41. The van der Waals surface area contributed by atoms with Crippen LogP contribution in [0.1, 0.15) is 24.4 Å². The highest BCUT2D eigenvalue weighted by atomic mass is 19.1. The molecule has 0 unspecified atom stereocenters. The van der Waals surface area contributed by atoms with E-state index in [2.05, 4.69) is 5.32 Å². The third-order valence-corrected chi connectivity index (χ3v) is 6.51. The Morgan fingerprint density at radius 1 is 0.895 bits per heavy atom. The van der Waals surface area contributed by atoms with Crippen molar-refractivity contribution < 1.29 is 37.3 Å². The van der Waals surface area contributed by atoms with Gasteiger partial charge in [-0.1, -0.05) is 12.1 Å². The van der Waals surface area contributed by atoms with Crippen LogP contribution in [0.15, 0.2) is 54.6 Å². The largest absolute Gasteiger partial charge is 0.497 e. The number of hydrogen-bond acceptors (Lipinski definition) is 6. The standard InChI is InChI=1S/C28H28F2N2O6/c1-35-19-8-5-16(6-9-19)26-20(28(34)31-22-11-7-17(29)13-21(22)30)10-12-25(33)32(26)18-14-23(36-2)27(38-4)24(15-18)37-3/h5-9,11,13-15,20,26H,10,12H2,1-4H3,(H,31,34)/t20-,26-/m1/s1. The minimum atomic E-state index is -0.896. The first-order chi connectivity index (χ1) is 18.3. The van der Waals surface area contributed by atoms with E-state index >= 15 is 0 Å². The minimum absolute atomic E-state index is 0.0628. The zero-order chi connectivity index (χ0) is 27.4. The molecule has 0 aliphatic carbocycles. The second-order valence-corrected chi connectivity index (χ2v) is 8.62. The predicted octanol–water partition coefficient (Wildman–Crippen LogP) is 5.12. The first-order valence-corrected chi connectivity index (χ1v) is 11.8. The van der Waals surface area contributed by atoms with Crippen LogP contribution < -0.4 is 29.2 Å². The molecule has 8 nitrogen and oxygen atoms in total. The highest BCUT2D eigenvalue weighted by molar-refractivity contribution is 6.00. The highest BCUT2D eigenvalue weighted by Crippen LogP contribution is 2.46. The zero-order valence-corrected chi connectivity index (χ0v) is 21.4. The molecule has 1 heterocycles. The van der Waals surface area contributed by atoms with Crippen LogP contribution in [0.2, 0.25) is 0 Å². The maximum absolute atomic E-state index is 14.4. The molecule has 0 spiro atoms. The van der Waals surface area contributed by atoms with Crippen LogP contribution in [0.4, 0.5) is 20.2 Å². The number of nitrogens with zero attached hydrogens (tertiary/aromatic N) is 1. The summed E-state index contributed by atoms with van der Waals surface area (Å²) >= 11 is 0. The lowest BCUT2D eigenvalue weighted by molar-refractivity contribution is -0.126. The van der Waals surface area contributed by atoms with Gasteiger partial charge in [-0.3, -0.25) is 9.59 Å². The lowest BCUT2D eigenvalue weighted by Crippen LogP contribution is -2.47. The average Bonchev–Trinajstić information content (AvgIpc) is 2.93. The van der Waals surface area contributed by atoms with Crippen molar-refractivity contribution in [1.82, 2.24) is 0 Å². The van der Waals surface area contributed by atoms with Gasteiger partial charge in [0.05, 0.1) is 51.8 Å². The number of halogens is 2. The Morgan fingerprint density at radius 3 is 2.11 bits per heavy atom. The number of hydrogen-bond donors (Lipinski definition) is 1. The summed E-state index contributed by atoms with van der Waals surface area (Å²) in [5, 5.41) is 2.57. The topological polar surface area (TPSA) is 86.3 Å². The molecule has 2 amide bonds. The molecule has 10 heteroatoms. The normalized spacial score (nSPS) is 17.1. The monoisotopic (exact) mass is 526 g/mol. The van der Waals surface area contributed by atoms with Crippen molar-refractivity contribution in [3.05, 3.63) is 71.8 Å². The molecule has 2 atom stereocenters. The Labute approximate surface area is 219 Å². The fourth-order valence-electron chi connectivity index (χ4n) is 4.68. The quantitative estimate of drug-likeness (QED) is 0.439. The predicted molar refractivity (Wildman–Crippen MR) is 137 cm³/mol. The first kappa shape index (κ1) is 26.7. The second-order valence-electron chi connectivity index (χ2n) is 8.62. The number of carbonyl (C=O) groups is 2. The lowest BCUT2D eigenvalue weighted by atomic mass is 9.83. The molecular formula is C28H28F2N2O6. The summed E-state index contributed by atoms with van der Waals surface area (Å²) in [4.78, 5) is 28.5. The number of anilines is 2. The smallest absolute Gasteiger partial charge is 0.230 e. The summed E-state index contributed by atoms with van der Waals surface area (Å²) in [7, 11) is 5.94. The van der Waals surface area contributed by atoms with Crippen LogP contribution in [0.25, 0.3) is 0 Å². The molecule has 0 bridgehead atoms. The van der Waals surface area contributed by atoms with Gasteiger partial charge in [-0.15, -0.1) is 0 Å². The van der Waals surface area contributed by atoms with Gasteiger partial charge in [-0.2, -0.15) is 0 Å².